The molecule has 0 spiro atoms. The van der Waals surface area contributed by atoms with Crippen molar-refractivity contribution in [1.29, 1.82) is 0 Å². The zero-order valence-corrected chi connectivity index (χ0v) is 15.8. The minimum atomic E-state index is -4.42. The zero-order valence-electron chi connectivity index (χ0n) is 14.0. The van der Waals surface area contributed by atoms with Crippen LogP contribution in [0.2, 0.25) is 0 Å². The molecule has 9 nitrogen and oxygen atoms in total. The molecule has 27 heavy (non-hydrogen) atoms. The number of carboxylic acid groups (broad SMARTS) is 1. The van der Waals surface area contributed by atoms with Gasteiger partial charge in [-0.05, 0) is 23.3 Å². The van der Waals surface area contributed by atoms with Crippen molar-refractivity contribution in [3.05, 3.63) is 59.7 Å². The Bertz CT molecular complexity index is 853. The topological polar surface area (TPSA) is 156 Å². The van der Waals surface area contributed by atoms with Crippen LogP contribution in [0.25, 0.3) is 0 Å². The van der Waals surface area contributed by atoms with Crippen LogP contribution in [-0.2, 0) is 26.2 Å². The number of anilines is 2. The molecule has 0 atom stereocenters. The van der Waals surface area contributed by atoms with Crippen molar-refractivity contribution >= 4 is 32.5 Å². The molecule has 0 saturated carbocycles. The van der Waals surface area contributed by atoms with Crippen LogP contribution in [0.1, 0.15) is 11.1 Å². The molecule has 0 aliphatic carbocycles. The van der Waals surface area contributed by atoms with E-state index in [-0.39, 0.29) is 22.5 Å². The van der Waals surface area contributed by atoms with Gasteiger partial charge in [0.05, 0.1) is 12.3 Å². The summed E-state index contributed by atoms with van der Waals surface area (Å²) >= 11 is 0. The molecule has 0 aromatic heterocycles. The molecule has 0 saturated heterocycles. The van der Waals surface area contributed by atoms with Gasteiger partial charge in [0.1, 0.15) is 6.54 Å². The third-order valence-electron chi connectivity index (χ3n) is 3.61. The normalized spacial score (nSPS) is 12.0. The van der Waals surface area contributed by atoms with Gasteiger partial charge in [0.15, 0.2) is 0 Å². The van der Waals surface area contributed by atoms with Crippen LogP contribution in [0.5, 0.6) is 0 Å². The number of aliphatic carboxylic acids is 1. The van der Waals surface area contributed by atoms with Gasteiger partial charge < -0.3 is 29.6 Å². The van der Waals surface area contributed by atoms with Crippen molar-refractivity contribution in [3.63, 3.8) is 0 Å². The molecule has 0 radical (unpaired) electrons. The molecule has 0 amide bonds. The van der Waals surface area contributed by atoms with E-state index < -0.39 is 40.0 Å². The van der Waals surface area contributed by atoms with Gasteiger partial charge in [0.2, 0.25) is 0 Å². The number of nitrogens with zero attached hydrogens (tertiary/aromatic N) is 1. The van der Waals surface area contributed by atoms with E-state index >= 15 is 0 Å². The van der Waals surface area contributed by atoms with Crippen LogP contribution in [0.3, 0.4) is 0 Å². The fourth-order valence-corrected chi connectivity index (χ4v) is 4.12. The first-order chi connectivity index (χ1) is 12.5. The van der Waals surface area contributed by atoms with Gasteiger partial charge in [-0.2, -0.15) is 0 Å². The first kappa shape index (κ1) is 21.3. The Labute approximate surface area is 155 Å². The third kappa shape index (κ3) is 6.59. The Morgan fingerprint density at radius 3 is 1.48 bits per heavy atom. The van der Waals surface area contributed by atoms with E-state index in [0.29, 0.717) is 0 Å². The van der Waals surface area contributed by atoms with Gasteiger partial charge in [0, 0.05) is 11.4 Å². The van der Waals surface area contributed by atoms with Crippen LogP contribution in [0.15, 0.2) is 48.5 Å². The molecule has 0 unspecified atom stereocenters. The Hall–Kier alpha value is -1.99. The van der Waals surface area contributed by atoms with Gasteiger partial charge >= 0.3 is 21.2 Å². The SMILES string of the molecule is O=C(O)CN(c1ccccc1CP(=O)(O)O)c1ccccc1CP(=O)(O)O. The zero-order chi connectivity index (χ0) is 20.2. The molecule has 5 N–H and O–H groups in total. The van der Waals surface area contributed by atoms with Crippen molar-refractivity contribution < 1.29 is 38.6 Å². The molecule has 0 aliphatic heterocycles. The van der Waals surface area contributed by atoms with E-state index in [1.54, 1.807) is 24.3 Å². The predicted molar refractivity (Wildman–Crippen MR) is 99.0 cm³/mol. The van der Waals surface area contributed by atoms with E-state index in [1.165, 1.54) is 29.2 Å². The molecule has 0 fully saturated rings. The largest absolute Gasteiger partial charge is 0.480 e. The summed E-state index contributed by atoms with van der Waals surface area (Å²) < 4.78 is 22.9. The average Bonchev–Trinajstić information content (AvgIpc) is 2.51. The molecule has 2 aromatic rings. The first-order valence-electron chi connectivity index (χ1n) is 7.70. The molecule has 0 heterocycles. The third-order valence-corrected chi connectivity index (χ3v) is 5.12. The lowest BCUT2D eigenvalue weighted by Crippen LogP contribution is -2.26. The van der Waals surface area contributed by atoms with Crippen molar-refractivity contribution in [2.45, 2.75) is 12.3 Å². The van der Waals surface area contributed by atoms with E-state index in [1.807, 2.05) is 0 Å². The lowest BCUT2D eigenvalue weighted by molar-refractivity contribution is -0.135. The van der Waals surface area contributed by atoms with Crippen molar-refractivity contribution in [2.75, 3.05) is 11.4 Å². The molecule has 0 bridgehead atoms. The van der Waals surface area contributed by atoms with Gasteiger partial charge in [-0.25, -0.2) is 0 Å². The summed E-state index contributed by atoms with van der Waals surface area (Å²) in [4.78, 5) is 49.9. The Balaban J connectivity index is 2.61. The summed E-state index contributed by atoms with van der Waals surface area (Å²) in [6, 6.07) is 12.2. The fourth-order valence-electron chi connectivity index (χ4n) is 2.69. The van der Waals surface area contributed by atoms with Crippen LogP contribution >= 0.6 is 15.2 Å². The highest BCUT2D eigenvalue weighted by Gasteiger charge is 2.25. The molecule has 0 aliphatic rings. The minimum Gasteiger partial charge on any atom is -0.480 e. The number of hydrogen-bond acceptors (Lipinski definition) is 4. The predicted octanol–water partition coefficient (Wildman–Crippen LogP) is 2.26. The highest BCUT2D eigenvalue weighted by Crippen LogP contribution is 2.45. The van der Waals surface area contributed by atoms with Gasteiger partial charge in [-0.15, -0.1) is 0 Å². The molecule has 2 rings (SSSR count). The monoisotopic (exact) mass is 415 g/mol. The second-order valence-corrected chi connectivity index (χ2v) is 9.17. The molecule has 2 aromatic carbocycles. The maximum Gasteiger partial charge on any atom is 0.329 e. The Kier molecular flexibility index (Phi) is 6.59. The second-order valence-electron chi connectivity index (χ2n) is 5.88. The number of carbonyl (C=O) groups is 1. The van der Waals surface area contributed by atoms with Crippen LogP contribution < -0.4 is 4.90 Å². The maximum absolute atomic E-state index is 11.4. The minimum absolute atomic E-state index is 0.220. The Morgan fingerprint density at radius 2 is 1.15 bits per heavy atom. The van der Waals surface area contributed by atoms with E-state index in [0.717, 1.165) is 0 Å². The molecular formula is C16H19NO8P2. The van der Waals surface area contributed by atoms with Gasteiger partial charge in [-0.1, -0.05) is 36.4 Å². The standard InChI is InChI=1S/C16H19NO8P2/c18-16(19)9-17(14-7-3-1-5-12(14)10-26(20,21)22)15-8-4-2-6-13(15)11-27(23,24)25/h1-8H,9-11H2,(H,18,19)(H2,20,21,22)(H2,23,24,25). The first-order valence-corrected chi connectivity index (χ1v) is 11.3. The molecular weight excluding hydrogens is 396 g/mol. The fraction of sp³-hybridized carbons (Fsp3) is 0.188. The summed E-state index contributed by atoms with van der Waals surface area (Å²) in [5.41, 5.74) is 0.916. The van der Waals surface area contributed by atoms with Crippen LogP contribution in [0.4, 0.5) is 11.4 Å². The highest BCUT2D eigenvalue weighted by atomic mass is 31.2. The summed E-state index contributed by atoms with van der Waals surface area (Å²) in [5, 5.41) is 9.30. The quantitative estimate of drug-likeness (QED) is 0.408. The second kappa shape index (κ2) is 8.35. The Morgan fingerprint density at radius 1 is 0.778 bits per heavy atom. The maximum atomic E-state index is 11.4. The van der Waals surface area contributed by atoms with Crippen molar-refractivity contribution in [2.24, 2.45) is 0 Å². The highest BCUT2D eigenvalue weighted by molar-refractivity contribution is 7.51. The summed E-state index contributed by atoms with van der Waals surface area (Å²) in [5.74, 6) is -1.22. The van der Waals surface area contributed by atoms with Crippen molar-refractivity contribution in [3.8, 4) is 0 Å². The summed E-state index contributed by atoms with van der Waals surface area (Å²) in [7, 11) is -8.85. The molecule has 11 heteroatoms. The summed E-state index contributed by atoms with van der Waals surface area (Å²) in [6.45, 7) is -0.559. The van der Waals surface area contributed by atoms with Gasteiger partial charge in [-0.3, -0.25) is 13.9 Å². The number of carboxylic acids is 1. The number of benzene rings is 2. The molecule has 146 valence electrons. The van der Waals surface area contributed by atoms with Crippen molar-refractivity contribution in [1.82, 2.24) is 0 Å². The van der Waals surface area contributed by atoms with E-state index in [9.17, 15) is 38.6 Å². The van der Waals surface area contributed by atoms with Crippen LogP contribution in [-0.4, -0.2) is 37.2 Å². The number of rotatable bonds is 8. The van der Waals surface area contributed by atoms with Crippen LogP contribution in [0, 0.1) is 0 Å². The number of para-hydroxylation sites is 2. The average molecular weight is 415 g/mol. The lowest BCUT2D eigenvalue weighted by atomic mass is 10.1. The smallest absolute Gasteiger partial charge is 0.329 e. The van der Waals surface area contributed by atoms with E-state index in [2.05, 4.69) is 0 Å². The van der Waals surface area contributed by atoms with Gasteiger partial charge in [0.25, 0.3) is 0 Å². The lowest BCUT2D eigenvalue weighted by Gasteiger charge is -2.28. The van der Waals surface area contributed by atoms with E-state index in [4.69, 9.17) is 0 Å². The summed E-state index contributed by atoms with van der Waals surface area (Å²) in [6.07, 6.45) is -1.19. The number of hydrogen-bond donors (Lipinski definition) is 5.